The zero-order valence-corrected chi connectivity index (χ0v) is 17.0. The minimum absolute atomic E-state index is 0.248. The fourth-order valence-electron chi connectivity index (χ4n) is 3.46. The van der Waals surface area contributed by atoms with Gasteiger partial charge in [-0.15, -0.1) is 0 Å². The Bertz CT molecular complexity index is 1220. The molecular weight excluding hydrogens is 380 g/mol. The van der Waals surface area contributed by atoms with Crippen LogP contribution in [0.3, 0.4) is 0 Å². The molecule has 6 heteroatoms. The fraction of sp³-hybridized carbons (Fsp3) is 0.167. The number of aryl methyl sites for hydroxylation is 3. The van der Waals surface area contributed by atoms with Gasteiger partial charge in [-0.1, -0.05) is 24.3 Å². The third-order valence-corrected chi connectivity index (χ3v) is 5.10. The Morgan fingerprint density at radius 1 is 0.900 bits per heavy atom. The number of hydrogen-bond acceptors (Lipinski definition) is 4. The monoisotopic (exact) mass is 402 g/mol. The van der Waals surface area contributed by atoms with Gasteiger partial charge in [0.1, 0.15) is 5.58 Å². The van der Waals surface area contributed by atoms with Crippen molar-refractivity contribution < 1.29 is 18.4 Å². The van der Waals surface area contributed by atoms with Crippen LogP contribution in [-0.4, -0.2) is 11.8 Å². The van der Waals surface area contributed by atoms with E-state index < -0.39 is 0 Å². The van der Waals surface area contributed by atoms with Gasteiger partial charge in [-0.05, 0) is 61.7 Å². The van der Waals surface area contributed by atoms with E-state index in [1.807, 2.05) is 45.0 Å². The van der Waals surface area contributed by atoms with E-state index in [4.69, 9.17) is 8.83 Å². The Morgan fingerprint density at radius 2 is 1.63 bits per heavy atom. The number of fused-ring (bicyclic) bond motifs is 1. The molecule has 0 aliphatic carbocycles. The van der Waals surface area contributed by atoms with E-state index in [2.05, 4.69) is 10.6 Å². The summed E-state index contributed by atoms with van der Waals surface area (Å²) in [4.78, 5) is 24.7. The molecule has 4 rings (SSSR count). The van der Waals surface area contributed by atoms with E-state index in [9.17, 15) is 9.59 Å². The average molecular weight is 402 g/mol. The summed E-state index contributed by atoms with van der Waals surface area (Å²) in [6, 6.07) is 14.5. The highest BCUT2D eigenvalue weighted by atomic mass is 16.3. The lowest BCUT2D eigenvalue weighted by Crippen LogP contribution is -2.23. The number of anilines is 1. The van der Waals surface area contributed by atoms with Crippen molar-refractivity contribution in [2.24, 2.45) is 0 Å². The SMILES string of the molecule is Cc1ccc(C)c2c(C)c(C(=O)NCc3ccc(NC(=O)c4ccco4)cc3)oc12. The zero-order chi connectivity index (χ0) is 21.3. The second-order valence-electron chi connectivity index (χ2n) is 7.27. The Hall–Kier alpha value is -3.80. The van der Waals surface area contributed by atoms with Crippen molar-refractivity contribution in [2.75, 3.05) is 5.32 Å². The maximum atomic E-state index is 12.7. The minimum Gasteiger partial charge on any atom is -0.459 e. The van der Waals surface area contributed by atoms with Gasteiger partial charge in [-0.25, -0.2) is 0 Å². The molecule has 6 nitrogen and oxygen atoms in total. The van der Waals surface area contributed by atoms with Crippen molar-refractivity contribution in [1.82, 2.24) is 5.32 Å². The molecule has 0 saturated carbocycles. The molecule has 0 saturated heterocycles. The first-order chi connectivity index (χ1) is 14.4. The maximum absolute atomic E-state index is 12.7. The first-order valence-electron chi connectivity index (χ1n) is 9.65. The quantitative estimate of drug-likeness (QED) is 0.484. The summed E-state index contributed by atoms with van der Waals surface area (Å²) in [5.74, 6) is 0.0208. The van der Waals surface area contributed by atoms with E-state index in [0.717, 1.165) is 33.2 Å². The molecule has 0 bridgehead atoms. The highest BCUT2D eigenvalue weighted by molar-refractivity contribution is 6.02. The minimum atomic E-state index is -0.313. The molecule has 30 heavy (non-hydrogen) atoms. The Balaban J connectivity index is 1.42. The van der Waals surface area contributed by atoms with Crippen LogP contribution >= 0.6 is 0 Å². The molecule has 2 aromatic carbocycles. The van der Waals surface area contributed by atoms with Crippen LogP contribution in [0.1, 0.15) is 43.4 Å². The molecule has 0 fully saturated rings. The molecule has 0 aliphatic rings. The van der Waals surface area contributed by atoms with Crippen LogP contribution in [0, 0.1) is 20.8 Å². The topological polar surface area (TPSA) is 84.5 Å². The number of rotatable bonds is 5. The molecule has 2 heterocycles. The van der Waals surface area contributed by atoms with Gasteiger partial charge in [0.05, 0.1) is 6.26 Å². The number of nitrogens with one attached hydrogen (secondary N) is 2. The predicted octanol–water partition coefficient (Wildman–Crippen LogP) is 5.13. The maximum Gasteiger partial charge on any atom is 0.291 e. The summed E-state index contributed by atoms with van der Waals surface area (Å²) in [5.41, 5.74) is 5.24. The second kappa shape index (κ2) is 7.91. The van der Waals surface area contributed by atoms with Gasteiger partial charge in [0.15, 0.2) is 11.5 Å². The lowest BCUT2D eigenvalue weighted by molar-refractivity contribution is 0.0924. The van der Waals surface area contributed by atoms with Crippen LogP contribution in [0.4, 0.5) is 5.69 Å². The van der Waals surface area contributed by atoms with Gasteiger partial charge in [-0.2, -0.15) is 0 Å². The van der Waals surface area contributed by atoms with Gasteiger partial charge in [0, 0.05) is 23.2 Å². The summed E-state index contributed by atoms with van der Waals surface area (Å²) in [5, 5.41) is 6.66. The summed E-state index contributed by atoms with van der Waals surface area (Å²) >= 11 is 0. The molecule has 0 aliphatic heterocycles. The summed E-state index contributed by atoms with van der Waals surface area (Å²) in [6.07, 6.45) is 1.45. The Labute approximate surface area is 173 Å². The summed E-state index contributed by atoms with van der Waals surface area (Å²) < 4.78 is 11.0. The lowest BCUT2D eigenvalue weighted by atomic mass is 10.0. The van der Waals surface area contributed by atoms with Crippen LogP contribution in [0.15, 0.2) is 63.6 Å². The predicted molar refractivity (Wildman–Crippen MR) is 115 cm³/mol. The van der Waals surface area contributed by atoms with E-state index in [-0.39, 0.29) is 17.6 Å². The molecule has 0 atom stereocenters. The first kappa shape index (κ1) is 19.5. The zero-order valence-electron chi connectivity index (χ0n) is 17.0. The number of benzene rings is 2. The number of carbonyl (C=O) groups excluding carboxylic acids is 2. The average Bonchev–Trinajstić information content (AvgIpc) is 3.39. The molecule has 2 aromatic heterocycles. The first-order valence-corrected chi connectivity index (χ1v) is 9.65. The smallest absolute Gasteiger partial charge is 0.291 e. The van der Waals surface area contributed by atoms with Crippen LogP contribution < -0.4 is 10.6 Å². The highest BCUT2D eigenvalue weighted by Gasteiger charge is 2.19. The van der Waals surface area contributed by atoms with Gasteiger partial charge in [0.2, 0.25) is 0 Å². The van der Waals surface area contributed by atoms with Crippen molar-refractivity contribution in [3.63, 3.8) is 0 Å². The molecule has 2 N–H and O–H groups in total. The normalized spacial score (nSPS) is 10.9. The summed E-state index contributed by atoms with van der Waals surface area (Å²) in [7, 11) is 0. The van der Waals surface area contributed by atoms with Crippen LogP contribution in [0.2, 0.25) is 0 Å². The molecule has 0 spiro atoms. The second-order valence-corrected chi connectivity index (χ2v) is 7.27. The third-order valence-electron chi connectivity index (χ3n) is 5.10. The van der Waals surface area contributed by atoms with E-state index in [0.29, 0.717) is 18.0 Å². The number of furan rings is 2. The van der Waals surface area contributed by atoms with Gasteiger partial charge >= 0.3 is 0 Å². The fourth-order valence-corrected chi connectivity index (χ4v) is 3.46. The van der Waals surface area contributed by atoms with Crippen LogP contribution in [0.25, 0.3) is 11.0 Å². The molecular formula is C24H22N2O4. The van der Waals surface area contributed by atoms with Crippen LogP contribution in [0.5, 0.6) is 0 Å². The third kappa shape index (κ3) is 3.72. The largest absolute Gasteiger partial charge is 0.459 e. The molecule has 2 amide bonds. The number of carbonyl (C=O) groups is 2. The molecule has 0 radical (unpaired) electrons. The molecule has 0 unspecified atom stereocenters. The lowest BCUT2D eigenvalue weighted by Gasteiger charge is -2.07. The van der Waals surface area contributed by atoms with Gasteiger partial charge in [0.25, 0.3) is 11.8 Å². The molecule has 4 aromatic rings. The van der Waals surface area contributed by atoms with E-state index >= 15 is 0 Å². The van der Waals surface area contributed by atoms with Crippen molar-refractivity contribution in [1.29, 1.82) is 0 Å². The molecule has 152 valence electrons. The van der Waals surface area contributed by atoms with E-state index in [1.54, 1.807) is 24.3 Å². The van der Waals surface area contributed by atoms with Crippen LogP contribution in [-0.2, 0) is 6.54 Å². The Kier molecular flexibility index (Phi) is 5.14. The van der Waals surface area contributed by atoms with Gasteiger partial charge in [-0.3, -0.25) is 9.59 Å². The van der Waals surface area contributed by atoms with Gasteiger partial charge < -0.3 is 19.5 Å². The summed E-state index contributed by atoms with van der Waals surface area (Å²) in [6.45, 7) is 6.24. The highest BCUT2D eigenvalue weighted by Crippen LogP contribution is 2.30. The van der Waals surface area contributed by atoms with Crippen molar-refractivity contribution in [3.8, 4) is 0 Å². The standard InChI is InChI=1S/C24H22N2O4/c1-14-6-7-15(2)21-20(14)16(3)22(30-21)24(28)25-13-17-8-10-18(11-9-17)26-23(27)19-5-4-12-29-19/h4-12H,13H2,1-3H3,(H,25,28)(H,26,27). The van der Waals surface area contributed by atoms with Crippen molar-refractivity contribution in [3.05, 3.63) is 88.6 Å². The number of hydrogen-bond donors (Lipinski definition) is 2. The number of amides is 2. The van der Waals surface area contributed by atoms with Crippen molar-refractivity contribution >= 4 is 28.5 Å². The van der Waals surface area contributed by atoms with Crippen molar-refractivity contribution in [2.45, 2.75) is 27.3 Å². The van der Waals surface area contributed by atoms with E-state index in [1.165, 1.54) is 6.26 Å². The Morgan fingerprint density at radius 3 is 2.30 bits per heavy atom.